The molecule has 0 bridgehead atoms. The third kappa shape index (κ3) is 2.59. The number of carboxylic acids is 1. The van der Waals surface area contributed by atoms with E-state index in [0.29, 0.717) is 24.3 Å². The molecule has 1 fully saturated rings. The van der Waals surface area contributed by atoms with Crippen LogP contribution < -0.4 is 5.11 Å². The topological polar surface area (TPSA) is 77.5 Å². The number of carbonyl (C=O) groups excluding carboxylic acids is 3. The largest absolute Gasteiger partial charge is 0.548 e. The van der Waals surface area contributed by atoms with Gasteiger partial charge in [-0.2, -0.15) is 0 Å². The normalized spacial score (nSPS) is 27.3. The number of halogens is 1. The van der Waals surface area contributed by atoms with Crippen LogP contribution in [-0.2, 0) is 14.4 Å². The lowest BCUT2D eigenvalue weighted by atomic mass is 9.85. The summed E-state index contributed by atoms with van der Waals surface area (Å²) in [5.74, 6) is -3.16. The van der Waals surface area contributed by atoms with Gasteiger partial charge >= 0.3 is 0 Å². The molecule has 0 spiro atoms. The molecule has 2 aliphatic rings. The molecule has 2 rings (SSSR count). The Labute approximate surface area is 122 Å². The molecule has 0 aromatic heterocycles. The molecular weight excluding hydrogens is 282 g/mol. The average molecular weight is 299 g/mol. The number of allylic oxidation sites excluding steroid dienone is 2. The van der Waals surface area contributed by atoms with Crippen molar-refractivity contribution < 1.29 is 19.5 Å². The second-order valence-electron chi connectivity index (χ2n) is 5.33. The van der Waals surface area contributed by atoms with Crippen molar-refractivity contribution in [3.63, 3.8) is 0 Å². The Kier molecular flexibility index (Phi) is 4.48. The summed E-state index contributed by atoms with van der Waals surface area (Å²) < 4.78 is 0. The van der Waals surface area contributed by atoms with Gasteiger partial charge in [0.05, 0.1) is 23.8 Å². The van der Waals surface area contributed by atoms with Gasteiger partial charge in [0.2, 0.25) is 11.8 Å². The van der Waals surface area contributed by atoms with E-state index < -0.39 is 35.7 Å². The predicted molar refractivity (Wildman–Crippen MR) is 70.3 cm³/mol. The number of likely N-dealkylation sites (tertiary alicyclic amines) is 1. The standard InChI is InChI=1S/C14H18ClNO4/c1-2-3-4-11(14(19)20)16-12(17)9-6-5-8(15)7-10(9)13(16)18/h5,9-11H,2-4,6-7H2,1H3,(H,19,20)/p-1/t9-,10-,11+/m0/s1. The summed E-state index contributed by atoms with van der Waals surface area (Å²) in [5, 5.41) is 11.8. The number of carbonyl (C=O) groups is 3. The second-order valence-corrected chi connectivity index (χ2v) is 5.81. The number of unbranched alkanes of at least 4 members (excludes halogenated alkanes) is 1. The molecule has 1 aliphatic carbocycles. The predicted octanol–water partition coefficient (Wildman–Crippen LogP) is 0.813. The van der Waals surface area contributed by atoms with Gasteiger partial charge in [-0.3, -0.25) is 14.5 Å². The molecule has 0 N–H and O–H groups in total. The average Bonchev–Trinajstić information content (AvgIpc) is 2.63. The van der Waals surface area contributed by atoms with Crippen molar-refractivity contribution in [2.24, 2.45) is 11.8 Å². The van der Waals surface area contributed by atoms with Gasteiger partial charge in [-0.1, -0.05) is 37.4 Å². The van der Waals surface area contributed by atoms with Crippen LogP contribution in [0, 0.1) is 11.8 Å². The summed E-state index contributed by atoms with van der Waals surface area (Å²) in [6.07, 6.45) is 4.12. The van der Waals surface area contributed by atoms with E-state index in [9.17, 15) is 19.5 Å². The SMILES string of the molecule is CCCC[C@H](C(=O)[O-])N1C(=O)[C@H]2CC=C(Cl)C[C@@H]2C1=O. The maximum atomic E-state index is 12.3. The van der Waals surface area contributed by atoms with Gasteiger partial charge in [-0.15, -0.1) is 0 Å². The van der Waals surface area contributed by atoms with Gasteiger partial charge < -0.3 is 9.90 Å². The van der Waals surface area contributed by atoms with E-state index in [2.05, 4.69) is 0 Å². The lowest BCUT2D eigenvalue weighted by molar-refractivity contribution is -0.311. The van der Waals surface area contributed by atoms with Crippen LogP contribution >= 0.6 is 11.6 Å². The van der Waals surface area contributed by atoms with Gasteiger partial charge in [-0.05, 0) is 19.3 Å². The molecule has 2 amide bonds. The third-order valence-corrected chi connectivity index (χ3v) is 4.33. The highest BCUT2D eigenvalue weighted by Gasteiger charge is 2.50. The first-order chi connectivity index (χ1) is 9.47. The molecule has 1 saturated heterocycles. The fourth-order valence-corrected chi connectivity index (χ4v) is 3.17. The number of hydrogen-bond donors (Lipinski definition) is 0. The van der Waals surface area contributed by atoms with E-state index in [0.717, 1.165) is 11.3 Å². The first-order valence-electron chi connectivity index (χ1n) is 6.89. The Hall–Kier alpha value is -1.36. The molecule has 0 saturated carbocycles. The Morgan fingerprint density at radius 1 is 1.45 bits per heavy atom. The zero-order valence-corrected chi connectivity index (χ0v) is 12.1. The van der Waals surface area contributed by atoms with Crippen LogP contribution in [0.4, 0.5) is 0 Å². The Morgan fingerprint density at radius 3 is 2.70 bits per heavy atom. The van der Waals surface area contributed by atoms with Crippen molar-refractivity contribution in [1.29, 1.82) is 0 Å². The number of imide groups is 1. The lowest BCUT2D eigenvalue weighted by Crippen LogP contribution is -2.51. The summed E-state index contributed by atoms with van der Waals surface area (Å²) in [6, 6.07) is -1.15. The van der Waals surface area contributed by atoms with E-state index in [1.807, 2.05) is 6.92 Å². The van der Waals surface area contributed by atoms with Crippen LogP contribution in [0.2, 0.25) is 0 Å². The first-order valence-corrected chi connectivity index (χ1v) is 7.27. The lowest BCUT2D eigenvalue weighted by Gasteiger charge is -2.27. The molecule has 0 radical (unpaired) electrons. The second kappa shape index (κ2) is 5.95. The Bertz CT molecular complexity index is 474. The summed E-state index contributed by atoms with van der Waals surface area (Å²) in [7, 11) is 0. The minimum atomic E-state index is -1.36. The molecule has 6 heteroatoms. The number of nitrogens with zero attached hydrogens (tertiary/aromatic N) is 1. The summed E-state index contributed by atoms with van der Waals surface area (Å²) in [5.41, 5.74) is 0. The van der Waals surface area contributed by atoms with E-state index >= 15 is 0 Å². The third-order valence-electron chi connectivity index (χ3n) is 4.02. The summed E-state index contributed by atoms with van der Waals surface area (Å²) >= 11 is 5.92. The Morgan fingerprint density at radius 2 is 2.10 bits per heavy atom. The quantitative estimate of drug-likeness (QED) is 0.704. The first kappa shape index (κ1) is 15.0. The number of fused-ring (bicyclic) bond motifs is 1. The van der Waals surface area contributed by atoms with Crippen LogP contribution in [-0.4, -0.2) is 28.7 Å². The Balaban J connectivity index is 2.22. The maximum Gasteiger partial charge on any atom is 0.234 e. The number of amides is 2. The molecule has 110 valence electrons. The van der Waals surface area contributed by atoms with Crippen molar-refractivity contribution in [1.82, 2.24) is 4.90 Å². The zero-order chi connectivity index (χ0) is 14.9. The van der Waals surface area contributed by atoms with Crippen molar-refractivity contribution >= 4 is 29.4 Å². The highest BCUT2D eigenvalue weighted by Crippen LogP contribution is 2.40. The van der Waals surface area contributed by atoms with Crippen molar-refractivity contribution in [2.45, 2.75) is 45.1 Å². The smallest absolute Gasteiger partial charge is 0.234 e. The summed E-state index contributed by atoms with van der Waals surface area (Å²) in [4.78, 5) is 36.8. The van der Waals surface area contributed by atoms with Crippen molar-refractivity contribution in [3.05, 3.63) is 11.1 Å². The number of aliphatic carboxylic acids is 1. The van der Waals surface area contributed by atoms with Gasteiger partial charge in [0.15, 0.2) is 0 Å². The van der Waals surface area contributed by atoms with E-state index in [1.54, 1.807) is 6.08 Å². The van der Waals surface area contributed by atoms with Crippen LogP contribution in [0.5, 0.6) is 0 Å². The molecule has 20 heavy (non-hydrogen) atoms. The van der Waals surface area contributed by atoms with Gasteiger partial charge in [0, 0.05) is 5.03 Å². The van der Waals surface area contributed by atoms with Gasteiger partial charge in [0.25, 0.3) is 0 Å². The van der Waals surface area contributed by atoms with Crippen LogP contribution in [0.15, 0.2) is 11.1 Å². The fraction of sp³-hybridized carbons (Fsp3) is 0.643. The fourth-order valence-electron chi connectivity index (χ4n) is 2.91. The molecule has 5 nitrogen and oxygen atoms in total. The minimum absolute atomic E-state index is 0.247. The van der Waals surface area contributed by atoms with Crippen molar-refractivity contribution in [2.75, 3.05) is 0 Å². The van der Waals surface area contributed by atoms with E-state index in [-0.39, 0.29) is 6.42 Å². The maximum absolute atomic E-state index is 12.3. The molecule has 1 heterocycles. The van der Waals surface area contributed by atoms with E-state index in [4.69, 9.17) is 11.6 Å². The monoisotopic (exact) mass is 298 g/mol. The number of rotatable bonds is 5. The molecule has 0 aromatic carbocycles. The minimum Gasteiger partial charge on any atom is -0.548 e. The summed E-state index contributed by atoms with van der Waals surface area (Å²) in [6.45, 7) is 1.92. The van der Waals surface area contributed by atoms with Crippen molar-refractivity contribution in [3.8, 4) is 0 Å². The molecule has 0 aromatic rings. The van der Waals surface area contributed by atoms with E-state index in [1.165, 1.54) is 0 Å². The van der Waals surface area contributed by atoms with Crippen LogP contribution in [0.1, 0.15) is 39.0 Å². The van der Waals surface area contributed by atoms with Crippen LogP contribution in [0.3, 0.4) is 0 Å². The number of hydrogen-bond acceptors (Lipinski definition) is 4. The van der Waals surface area contributed by atoms with Crippen LogP contribution in [0.25, 0.3) is 0 Å². The molecule has 0 unspecified atom stereocenters. The number of carboxylic acid groups (broad SMARTS) is 1. The highest BCUT2D eigenvalue weighted by molar-refractivity contribution is 6.30. The highest BCUT2D eigenvalue weighted by atomic mass is 35.5. The zero-order valence-electron chi connectivity index (χ0n) is 11.3. The van der Waals surface area contributed by atoms with Gasteiger partial charge in [0.1, 0.15) is 0 Å². The molecule has 3 atom stereocenters. The molecule has 1 aliphatic heterocycles. The van der Waals surface area contributed by atoms with Gasteiger partial charge in [-0.25, -0.2) is 0 Å². The molecular formula is C14H17ClNO4-.